The summed E-state index contributed by atoms with van der Waals surface area (Å²) in [6.07, 6.45) is -5.04. The van der Waals surface area contributed by atoms with E-state index in [1.807, 2.05) is 0 Å². The number of nitrogens with one attached hydrogen (secondary N) is 1. The average molecular weight is 444 g/mol. The Morgan fingerprint density at radius 2 is 1.84 bits per heavy atom. The van der Waals surface area contributed by atoms with Gasteiger partial charge in [0.2, 0.25) is 5.91 Å². The molecular formula is C22H24F3LiN2O4. The van der Waals surface area contributed by atoms with E-state index in [4.69, 9.17) is 5.11 Å². The Hall–Kier alpha value is -2.31. The van der Waals surface area contributed by atoms with E-state index in [1.54, 1.807) is 30.0 Å². The zero-order valence-corrected chi connectivity index (χ0v) is 16.8. The first-order valence-corrected chi connectivity index (χ1v) is 9.76. The second kappa shape index (κ2) is 10.5. The van der Waals surface area contributed by atoms with E-state index < -0.39 is 35.9 Å². The molecule has 0 aliphatic carbocycles. The molecule has 0 saturated carbocycles. The molecule has 1 aliphatic heterocycles. The van der Waals surface area contributed by atoms with Crippen LogP contribution in [0.15, 0.2) is 48.5 Å². The first-order chi connectivity index (χ1) is 14.5. The molecule has 1 fully saturated rings. The Bertz CT molecular complexity index is 953. The van der Waals surface area contributed by atoms with Gasteiger partial charge in [0.15, 0.2) is 0 Å². The molecule has 0 aromatic heterocycles. The topological polar surface area (TPSA) is 89.9 Å². The molecule has 3 rings (SSSR count). The van der Waals surface area contributed by atoms with Crippen LogP contribution in [0.1, 0.15) is 46.4 Å². The van der Waals surface area contributed by atoms with Crippen molar-refractivity contribution in [2.45, 2.75) is 44.3 Å². The summed E-state index contributed by atoms with van der Waals surface area (Å²) < 4.78 is 38.9. The third-order valence-electron chi connectivity index (χ3n) is 5.34. The maximum absolute atomic E-state index is 13.0. The Morgan fingerprint density at radius 3 is 2.44 bits per heavy atom. The predicted molar refractivity (Wildman–Crippen MR) is 113 cm³/mol. The van der Waals surface area contributed by atoms with Crippen molar-refractivity contribution in [1.29, 1.82) is 0 Å². The molecule has 0 bridgehead atoms. The van der Waals surface area contributed by atoms with Gasteiger partial charge in [0.05, 0.1) is 29.3 Å². The summed E-state index contributed by atoms with van der Waals surface area (Å²) in [4.78, 5) is 25.5. The van der Waals surface area contributed by atoms with Crippen LogP contribution in [0.4, 0.5) is 13.2 Å². The van der Waals surface area contributed by atoms with Crippen LogP contribution in [0, 0.1) is 0 Å². The molecule has 10 heteroatoms. The van der Waals surface area contributed by atoms with Gasteiger partial charge in [0.25, 0.3) is 0 Å². The van der Waals surface area contributed by atoms with Gasteiger partial charge in [0, 0.05) is 13.1 Å². The summed E-state index contributed by atoms with van der Waals surface area (Å²) in [7, 11) is 0. The monoisotopic (exact) mass is 444 g/mol. The van der Waals surface area contributed by atoms with Gasteiger partial charge in [-0.2, -0.15) is 13.2 Å². The predicted octanol–water partition coefficient (Wildman–Crippen LogP) is 2.57. The van der Waals surface area contributed by atoms with Gasteiger partial charge in [-0.25, -0.2) is 4.79 Å². The van der Waals surface area contributed by atoms with Crippen molar-refractivity contribution in [3.05, 3.63) is 70.8 Å². The number of amides is 1. The number of benzene rings is 2. The van der Waals surface area contributed by atoms with Crippen molar-refractivity contribution in [2.75, 3.05) is 6.54 Å². The van der Waals surface area contributed by atoms with Crippen LogP contribution in [0.3, 0.4) is 0 Å². The summed E-state index contributed by atoms with van der Waals surface area (Å²) in [6, 6.07) is 9.92. The number of carboxylic acids is 1. The third kappa shape index (κ3) is 6.36. The van der Waals surface area contributed by atoms with Crippen molar-refractivity contribution in [2.24, 2.45) is 0 Å². The van der Waals surface area contributed by atoms with Gasteiger partial charge in [-0.15, -0.1) is 0 Å². The molecule has 6 nitrogen and oxygen atoms in total. The van der Waals surface area contributed by atoms with Crippen molar-refractivity contribution in [3.63, 3.8) is 0 Å². The van der Waals surface area contributed by atoms with Crippen molar-refractivity contribution < 1.29 is 33.0 Å². The fourth-order valence-corrected chi connectivity index (χ4v) is 3.71. The maximum atomic E-state index is 13.0. The van der Waals surface area contributed by atoms with E-state index in [2.05, 4.69) is 5.32 Å². The number of aromatic carboxylic acids is 1. The second-order valence-electron chi connectivity index (χ2n) is 7.69. The van der Waals surface area contributed by atoms with E-state index in [9.17, 15) is 27.9 Å². The van der Waals surface area contributed by atoms with Crippen LogP contribution in [0.5, 0.6) is 0 Å². The third-order valence-corrected chi connectivity index (χ3v) is 5.34. The number of halogens is 3. The molecule has 0 spiro atoms. The number of hydrogen-bond donors (Lipinski definition) is 3. The standard InChI is InChI=1S/C22H23F3N2O4.Li.H/c1-13(15-5-7-16(8-6-15)21(30)31)26-20(29)19-10-18(28)12-27(19)11-14-3-2-4-17(9-14)22(23,24)25;;/h2-9,13,18-19,28H,10-12H2,1H3,(H,26,29)(H,30,31);;/t13-,18+,19+;;/m0../s1. The van der Waals surface area contributed by atoms with Crippen LogP contribution in [-0.2, 0) is 17.5 Å². The number of alkyl halides is 3. The summed E-state index contributed by atoms with van der Waals surface area (Å²) in [5.74, 6) is -1.40. The zero-order chi connectivity index (χ0) is 22.8. The minimum absolute atomic E-state index is 0. The molecule has 1 heterocycles. The van der Waals surface area contributed by atoms with Gasteiger partial charge >= 0.3 is 31.0 Å². The summed E-state index contributed by atoms with van der Waals surface area (Å²) in [6.45, 7) is 2.02. The van der Waals surface area contributed by atoms with Gasteiger partial charge in [-0.3, -0.25) is 9.69 Å². The van der Waals surface area contributed by atoms with Crippen LogP contribution >= 0.6 is 0 Å². The Labute approximate surface area is 195 Å². The molecule has 0 unspecified atom stereocenters. The number of aliphatic hydroxyl groups excluding tert-OH is 1. The first-order valence-electron chi connectivity index (χ1n) is 9.76. The Kier molecular flexibility index (Phi) is 8.54. The van der Waals surface area contributed by atoms with Crippen LogP contribution in [0.25, 0.3) is 0 Å². The summed E-state index contributed by atoms with van der Waals surface area (Å²) >= 11 is 0. The Balaban J connectivity index is 0.00000363. The van der Waals surface area contributed by atoms with E-state index >= 15 is 0 Å². The van der Waals surface area contributed by atoms with Crippen molar-refractivity contribution >= 4 is 30.7 Å². The quantitative estimate of drug-likeness (QED) is 0.596. The molecule has 168 valence electrons. The zero-order valence-electron chi connectivity index (χ0n) is 16.8. The van der Waals surface area contributed by atoms with Crippen LogP contribution in [0.2, 0.25) is 0 Å². The number of carboxylic acid groups (broad SMARTS) is 1. The first kappa shape index (κ1) is 25.9. The normalized spacial score (nSPS) is 19.8. The molecule has 0 radical (unpaired) electrons. The molecule has 1 aliphatic rings. The molecule has 2 aromatic carbocycles. The van der Waals surface area contributed by atoms with Crippen LogP contribution in [-0.4, -0.2) is 64.5 Å². The van der Waals surface area contributed by atoms with Gasteiger partial charge in [-0.05, 0) is 42.7 Å². The van der Waals surface area contributed by atoms with Gasteiger partial charge < -0.3 is 15.5 Å². The Morgan fingerprint density at radius 1 is 1.19 bits per heavy atom. The molecule has 3 N–H and O–H groups in total. The van der Waals surface area contributed by atoms with Crippen LogP contribution < -0.4 is 5.32 Å². The van der Waals surface area contributed by atoms with E-state index in [1.165, 1.54) is 18.2 Å². The number of nitrogens with zero attached hydrogens (tertiary/aromatic N) is 1. The van der Waals surface area contributed by atoms with E-state index in [0.717, 1.165) is 12.1 Å². The summed E-state index contributed by atoms with van der Waals surface area (Å²) in [5, 5.41) is 21.9. The number of hydrogen-bond acceptors (Lipinski definition) is 4. The van der Waals surface area contributed by atoms with E-state index in [0.29, 0.717) is 11.1 Å². The molecular weight excluding hydrogens is 420 g/mol. The number of β-amino-alcohol motifs (C(OH)–C–C–N with tert-alkyl or cyclic N) is 1. The minimum atomic E-state index is -4.46. The number of rotatable bonds is 6. The molecule has 1 amide bonds. The van der Waals surface area contributed by atoms with Gasteiger partial charge in [0.1, 0.15) is 0 Å². The van der Waals surface area contributed by atoms with Crippen molar-refractivity contribution in [3.8, 4) is 0 Å². The molecule has 3 atom stereocenters. The SMILES string of the molecule is C[C@H](NC(=O)[C@H]1C[C@@H](O)CN1Cc1cccc(C(F)(F)F)c1)c1ccc(C(=O)O)cc1.[LiH]. The number of carbonyl (C=O) groups excluding carboxylic acids is 1. The van der Waals surface area contributed by atoms with Gasteiger partial charge in [-0.1, -0.05) is 30.3 Å². The fraction of sp³-hybridized carbons (Fsp3) is 0.364. The number of carbonyl (C=O) groups is 2. The summed E-state index contributed by atoms with van der Waals surface area (Å²) in [5.41, 5.74) is 0.484. The van der Waals surface area contributed by atoms with Crippen molar-refractivity contribution in [1.82, 2.24) is 10.2 Å². The molecule has 1 saturated heterocycles. The second-order valence-corrected chi connectivity index (χ2v) is 7.69. The number of aliphatic hydroxyl groups is 1. The van der Waals surface area contributed by atoms with E-state index in [-0.39, 0.29) is 49.8 Å². The molecule has 2 aromatic rings. The fourth-order valence-electron chi connectivity index (χ4n) is 3.71. The molecule has 32 heavy (non-hydrogen) atoms. The number of likely N-dealkylation sites (tertiary alicyclic amines) is 1. The average Bonchev–Trinajstić information content (AvgIpc) is 3.07.